The van der Waals surface area contributed by atoms with Gasteiger partial charge in [-0.15, -0.1) is 34.9 Å². The molecule has 0 spiro atoms. The Morgan fingerprint density at radius 2 is 2.28 bits per heavy atom. The quantitative estimate of drug-likeness (QED) is 0.604. The number of thiophene rings is 1. The molecule has 1 saturated heterocycles. The lowest BCUT2D eigenvalue weighted by Gasteiger charge is -2.57. The summed E-state index contributed by atoms with van der Waals surface area (Å²) in [6.07, 6.45) is 1.95. The van der Waals surface area contributed by atoms with Gasteiger partial charge in [0.05, 0.1) is 13.0 Å². The van der Waals surface area contributed by atoms with Gasteiger partial charge in [0.15, 0.2) is 10.2 Å². The molecule has 3 heterocycles. The van der Waals surface area contributed by atoms with Crippen LogP contribution in [0.25, 0.3) is 0 Å². The molecule has 2 aliphatic heterocycles. The Labute approximate surface area is 156 Å². The molecule has 0 bridgehead atoms. The van der Waals surface area contributed by atoms with Gasteiger partial charge in [-0.1, -0.05) is 6.07 Å². The minimum atomic E-state index is -1.25. The van der Waals surface area contributed by atoms with Gasteiger partial charge in [-0.2, -0.15) is 0 Å². The normalized spacial score (nSPS) is 25.4. The number of hydrogen-bond acceptors (Lipinski definition) is 7. The van der Waals surface area contributed by atoms with Crippen LogP contribution in [0.1, 0.15) is 4.88 Å². The SMILES string of the molecule is CSC12SCC(CO)=C(C(=O)O)N1C(=O)C2NC(=O)Cc1cccs1. The summed E-state index contributed by atoms with van der Waals surface area (Å²) in [5.74, 6) is -1.70. The molecule has 2 aliphatic rings. The van der Waals surface area contributed by atoms with Crippen LogP contribution >= 0.6 is 34.9 Å². The number of nitrogens with one attached hydrogen (secondary N) is 1. The summed E-state index contributed by atoms with van der Waals surface area (Å²) in [6, 6.07) is 2.90. The van der Waals surface area contributed by atoms with Crippen molar-refractivity contribution < 1.29 is 24.6 Å². The highest BCUT2D eigenvalue weighted by atomic mass is 32.2. The maximum atomic E-state index is 12.6. The van der Waals surface area contributed by atoms with Crippen LogP contribution in [0.4, 0.5) is 0 Å². The van der Waals surface area contributed by atoms with Crippen molar-refractivity contribution in [2.75, 3.05) is 18.6 Å². The van der Waals surface area contributed by atoms with Gasteiger partial charge in [0.1, 0.15) is 5.70 Å². The summed E-state index contributed by atoms with van der Waals surface area (Å²) in [6.45, 7) is -0.418. The Balaban J connectivity index is 1.82. The zero-order valence-electron chi connectivity index (χ0n) is 13.2. The van der Waals surface area contributed by atoms with Gasteiger partial charge in [-0.3, -0.25) is 14.5 Å². The van der Waals surface area contributed by atoms with E-state index in [1.165, 1.54) is 39.8 Å². The van der Waals surface area contributed by atoms with E-state index in [2.05, 4.69) is 5.32 Å². The Bertz CT molecular complexity index is 748. The van der Waals surface area contributed by atoms with E-state index in [1.54, 1.807) is 6.26 Å². The van der Waals surface area contributed by atoms with Crippen LogP contribution in [0.3, 0.4) is 0 Å². The molecule has 134 valence electrons. The maximum absolute atomic E-state index is 12.6. The third-order valence-corrected chi connectivity index (χ3v) is 8.12. The Morgan fingerprint density at radius 3 is 2.84 bits per heavy atom. The second-order valence-electron chi connectivity index (χ2n) is 5.47. The van der Waals surface area contributed by atoms with E-state index in [0.717, 1.165) is 4.88 Å². The number of hydrogen-bond donors (Lipinski definition) is 3. The van der Waals surface area contributed by atoms with Gasteiger partial charge in [0, 0.05) is 10.6 Å². The molecule has 25 heavy (non-hydrogen) atoms. The van der Waals surface area contributed by atoms with Crippen LogP contribution in [0.15, 0.2) is 28.8 Å². The monoisotopic (exact) mass is 400 g/mol. The van der Waals surface area contributed by atoms with Gasteiger partial charge in [-0.25, -0.2) is 4.79 Å². The predicted molar refractivity (Wildman–Crippen MR) is 97.3 cm³/mol. The number of aliphatic hydroxyl groups excluding tert-OH is 1. The number of thioether (sulfide) groups is 2. The lowest BCUT2D eigenvalue weighted by molar-refractivity contribution is -0.152. The first-order valence-electron chi connectivity index (χ1n) is 7.35. The molecule has 0 aromatic carbocycles. The second-order valence-corrected chi connectivity index (χ2v) is 8.99. The van der Waals surface area contributed by atoms with Crippen molar-refractivity contribution in [2.24, 2.45) is 0 Å². The zero-order chi connectivity index (χ0) is 18.2. The molecule has 2 amide bonds. The van der Waals surface area contributed by atoms with Crippen LogP contribution in [0, 0.1) is 0 Å². The third-order valence-electron chi connectivity index (χ3n) is 4.06. The number of aliphatic carboxylic acids is 1. The fourth-order valence-electron chi connectivity index (χ4n) is 2.90. The first kappa shape index (κ1) is 18.3. The van der Waals surface area contributed by atoms with E-state index in [4.69, 9.17) is 0 Å². The fourth-order valence-corrected chi connectivity index (χ4v) is 6.26. The summed E-state index contributed by atoms with van der Waals surface area (Å²) in [4.78, 5) is 38.5. The van der Waals surface area contributed by atoms with Gasteiger partial charge >= 0.3 is 5.97 Å². The summed E-state index contributed by atoms with van der Waals surface area (Å²) in [5.41, 5.74) is 0.128. The highest BCUT2D eigenvalue weighted by Crippen LogP contribution is 2.55. The number of nitrogens with zero attached hydrogens (tertiary/aromatic N) is 1. The highest BCUT2D eigenvalue weighted by molar-refractivity contribution is 8.18. The molecular formula is C15H16N2O5S3. The molecule has 1 fully saturated rings. The van der Waals surface area contributed by atoms with E-state index in [1.807, 2.05) is 17.5 Å². The summed E-state index contributed by atoms with van der Waals surface area (Å²) in [5, 5.41) is 23.5. The Kier molecular flexibility index (Phi) is 5.14. The van der Waals surface area contributed by atoms with Gasteiger partial charge in [0.2, 0.25) is 5.91 Å². The van der Waals surface area contributed by atoms with Crippen molar-refractivity contribution in [1.82, 2.24) is 10.2 Å². The van der Waals surface area contributed by atoms with Gasteiger partial charge < -0.3 is 15.5 Å². The van der Waals surface area contributed by atoms with Crippen LogP contribution in [0.2, 0.25) is 0 Å². The van der Waals surface area contributed by atoms with Crippen molar-refractivity contribution in [3.8, 4) is 0 Å². The Morgan fingerprint density at radius 1 is 1.52 bits per heavy atom. The fraction of sp³-hybridized carbons (Fsp3) is 0.400. The molecule has 1 aromatic heterocycles. The van der Waals surface area contributed by atoms with Crippen LogP contribution in [0.5, 0.6) is 0 Å². The number of carbonyl (C=O) groups excluding carboxylic acids is 2. The number of carbonyl (C=O) groups is 3. The van der Waals surface area contributed by atoms with E-state index in [-0.39, 0.29) is 18.0 Å². The van der Waals surface area contributed by atoms with Gasteiger partial charge in [0.25, 0.3) is 5.91 Å². The number of aliphatic hydroxyl groups is 1. The number of rotatable bonds is 6. The predicted octanol–water partition coefficient (Wildman–Crippen LogP) is 0.712. The number of fused-ring (bicyclic) bond motifs is 1. The summed E-state index contributed by atoms with van der Waals surface area (Å²) in [7, 11) is 0. The van der Waals surface area contributed by atoms with E-state index in [0.29, 0.717) is 11.3 Å². The standard InChI is InChI=1S/C15H16N2O5S3/c1-23-15-12(16-10(19)5-9-3-2-4-24-9)13(20)17(15)11(14(21)22)8(6-18)7-25-15/h2-4,12,18H,5-7H2,1H3,(H,16,19)(H,21,22). The van der Waals surface area contributed by atoms with E-state index < -0.39 is 28.7 Å². The lowest BCUT2D eigenvalue weighted by atomic mass is 10.0. The zero-order valence-corrected chi connectivity index (χ0v) is 15.7. The second kappa shape index (κ2) is 7.02. The molecule has 2 unspecified atom stereocenters. The molecule has 7 nitrogen and oxygen atoms in total. The average Bonchev–Trinajstić information content (AvgIpc) is 3.10. The maximum Gasteiger partial charge on any atom is 0.352 e. The smallest absolute Gasteiger partial charge is 0.352 e. The molecule has 0 saturated carbocycles. The van der Waals surface area contributed by atoms with Crippen molar-refractivity contribution in [1.29, 1.82) is 0 Å². The Hall–Kier alpha value is -1.49. The largest absolute Gasteiger partial charge is 0.477 e. The van der Waals surface area contributed by atoms with Crippen molar-refractivity contribution in [3.05, 3.63) is 33.7 Å². The first-order chi connectivity index (χ1) is 11.9. The molecule has 3 rings (SSSR count). The molecular weight excluding hydrogens is 384 g/mol. The molecule has 3 N–H and O–H groups in total. The number of carboxylic acids is 1. The topological polar surface area (TPSA) is 107 Å². The van der Waals surface area contributed by atoms with Crippen molar-refractivity contribution in [3.63, 3.8) is 0 Å². The van der Waals surface area contributed by atoms with Gasteiger partial charge in [-0.05, 0) is 23.3 Å². The minimum Gasteiger partial charge on any atom is -0.477 e. The number of carboxylic acid groups (broad SMARTS) is 1. The third kappa shape index (κ3) is 2.97. The number of β-lactam (4-membered cyclic amide) rings is 1. The molecule has 0 aliphatic carbocycles. The molecule has 1 aromatic rings. The van der Waals surface area contributed by atoms with Crippen LogP contribution in [-0.2, 0) is 20.8 Å². The average molecular weight is 401 g/mol. The summed E-state index contributed by atoms with van der Waals surface area (Å²) < 4.78 is -0.894. The van der Waals surface area contributed by atoms with Crippen LogP contribution < -0.4 is 5.32 Å². The summed E-state index contributed by atoms with van der Waals surface area (Å²) >= 11 is 4.13. The van der Waals surface area contributed by atoms with Crippen molar-refractivity contribution in [2.45, 2.75) is 16.7 Å². The number of amides is 2. The molecule has 0 radical (unpaired) electrons. The molecule has 10 heteroatoms. The first-order valence-corrected chi connectivity index (χ1v) is 10.4. The minimum absolute atomic E-state index is 0.177. The van der Waals surface area contributed by atoms with Crippen molar-refractivity contribution >= 4 is 52.6 Å². The highest BCUT2D eigenvalue weighted by Gasteiger charge is 2.65. The molecule has 2 atom stereocenters. The lowest BCUT2D eigenvalue weighted by Crippen LogP contribution is -2.77. The van der Waals surface area contributed by atoms with E-state index >= 15 is 0 Å². The van der Waals surface area contributed by atoms with Crippen LogP contribution in [-0.4, -0.2) is 61.8 Å². The van der Waals surface area contributed by atoms with E-state index in [9.17, 15) is 24.6 Å².